The molecule has 0 saturated heterocycles. The van der Waals surface area contributed by atoms with Crippen LogP contribution < -0.4 is 15.4 Å². The monoisotopic (exact) mass is 491 g/mol. The zero-order chi connectivity index (χ0) is 21.5. The first kappa shape index (κ1) is 22.3. The minimum absolute atomic E-state index is 0.237. The number of rotatable bonds is 9. The molecule has 9 heteroatoms. The van der Waals surface area contributed by atoms with Gasteiger partial charge in [-0.1, -0.05) is 11.6 Å². The smallest absolute Gasteiger partial charge is 0.229 e. The second kappa shape index (κ2) is 10.6. The van der Waals surface area contributed by atoms with Crippen molar-refractivity contribution in [2.24, 2.45) is 0 Å². The summed E-state index contributed by atoms with van der Waals surface area (Å²) in [6.45, 7) is 0.785. The molecule has 0 aliphatic carbocycles. The van der Waals surface area contributed by atoms with Crippen molar-refractivity contribution >= 4 is 50.7 Å². The molecule has 1 unspecified atom stereocenters. The van der Waals surface area contributed by atoms with Crippen LogP contribution in [-0.2, 0) is 0 Å². The SMILES string of the molecule is CN(C)CC(O)COc1ccc(Nc2ncc(Br)c(Nc3ccc(Cl)cc3)n2)cc1. The van der Waals surface area contributed by atoms with Gasteiger partial charge in [-0.3, -0.25) is 0 Å². The third-order valence-electron chi connectivity index (χ3n) is 3.98. The summed E-state index contributed by atoms with van der Waals surface area (Å²) in [5.74, 6) is 1.76. The molecule has 3 rings (SSSR count). The molecule has 0 saturated carbocycles. The molecule has 30 heavy (non-hydrogen) atoms. The lowest BCUT2D eigenvalue weighted by Gasteiger charge is -2.16. The van der Waals surface area contributed by atoms with E-state index in [1.165, 1.54) is 0 Å². The topological polar surface area (TPSA) is 82.5 Å². The maximum Gasteiger partial charge on any atom is 0.229 e. The van der Waals surface area contributed by atoms with E-state index < -0.39 is 6.10 Å². The van der Waals surface area contributed by atoms with Crippen LogP contribution in [0.5, 0.6) is 5.75 Å². The lowest BCUT2D eigenvalue weighted by molar-refractivity contribution is 0.0831. The summed E-state index contributed by atoms with van der Waals surface area (Å²) in [6.07, 6.45) is 1.14. The fourth-order valence-electron chi connectivity index (χ4n) is 2.62. The number of aliphatic hydroxyl groups is 1. The van der Waals surface area contributed by atoms with Crippen LogP contribution in [0.2, 0.25) is 5.02 Å². The molecule has 0 aliphatic heterocycles. The van der Waals surface area contributed by atoms with Gasteiger partial charge in [0.25, 0.3) is 0 Å². The molecule has 1 heterocycles. The number of hydrogen-bond acceptors (Lipinski definition) is 7. The summed E-state index contributed by atoms with van der Waals surface area (Å²) in [7, 11) is 3.81. The van der Waals surface area contributed by atoms with Crippen LogP contribution >= 0.6 is 27.5 Å². The number of aromatic nitrogens is 2. The van der Waals surface area contributed by atoms with Gasteiger partial charge in [0.1, 0.15) is 24.3 Å². The maximum absolute atomic E-state index is 9.89. The first-order chi connectivity index (χ1) is 14.4. The number of benzene rings is 2. The summed E-state index contributed by atoms with van der Waals surface area (Å²) < 4.78 is 6.36. The highest BCUT2D eigenvalue weighted by Crippen LogP contribution is 2.26. The van der Waals surface area contributed by atoms with Crippen LogP contribution in [0.15, 0.2) is 59.2 Å². The number of nitrogens with zero attached hydrogens (tertiary/aromatic N) is 3. The average Bonchev–Trinajstić information content (AvgIpc) is 2.71. The Morgan fingerprint density at radius 2 is 1.70 bits per heavy atom. The minimum Gasteiger partial charge on any atom is -0.491 e. The van der Waals surface area contributed by atoms with Gasteiger partial charge < -0.3 is 25.4 Å². The van der Waals surface area contributed by atoms with Gasteiger partial charge >= 0.3 is 0 Å². The fraction of sp³-hybridized carbons (Fsp3) is 0.238. The van der Waals surface area contributed by atoms with E-state index in [4.69, 9.17) is 16.3 Å². The molecule has 158 valence electrons. The normalized spacial score (nSPS) is 11.9. The zero-order valence-corrected chi connectivity index (χ0v) is 19.0. The number of aliphatic hydroxyl groups excluding tert-OH is 1. The Morgan fingerprint density at radius 3 is 2.37 bits per heavy atom. The number of ether oxygens (including phenoxy) is 1. The van der Waals surface area contributed by atoms with Crippen molar-refractivity contribution in [1.29, 1.82) is 0 Å². The molecule has 1 aromatic heterocycles. The molecule has 0 bridgehead atoms. The summed E-state index contributed by atoms with van der Waals surface area (Å²) >= 11 is 9.39. The Bertz CT molecular complexity index is 955. The van der Waals surface area contributed by atoms with E-state index in [1.807, 2.05) is 55.4 Å². The molecule has 0 amide bonds. The summed E-state index contributed by atoms with van der Waals surface area (Å²) in [4.78, 5) is 10.7. The van der Waals surface area contributed by atoms with Gasteiger partial charge in [-0.25, -0.2) is 4.98 Å². The van der Waals surface area contributed by atoms with Crippen LogP contribution in [0, 0.1) is 0 Å². The van der Waals surface area contributed by atoms with Crippen molar-refractivity contribution < 1.29 is 9.84 Å². The Hall–Kier alpha value is -2.39. The molecule has 0 radical (unpaired) electrons. The van der Waals surface area contributed by atoms with Gasteiger partial charge in [-0.05, 0) is 78.6 Å². The zero-order valence-electron chi connectivity index (χ0n) is 16.6. The van der Waals surface area contributed by atoms with Crippen LogP contribution in [0.4, 0.5) is 23.1 Å². The van der Waals surface area contributed by atoms with Crippen LogP contribution in [0.1, 0.15) is 0 Å². The number of likely N-dealkylation sites (N-methyl/N-ethyl adjacent to an activating group) is 1. The highest BCUT2D eigenvalue weighted by Gasteiger charge is 2.08. The van der Waals surface area contributed by atoms with Gasteiger partial charge in [-0.2, -0.15) is 4.98 Å². The van der Waals surface area contributed by atoms with Crippen LogP contribution in [0.25, 0.3) is 0 Å². The Kier molecular flexibility index (Phi) is 7.87. The van der Waals surface area contributed by atoms with E-state index in [2.05, 4.69) is 36.5 Å². The molecule has 0 fully saturated rings. The third kappa shape index (κ3) is 6.84. The van der Waals surface area contributed by atoms with Gasteiger partial charge in [0, 0.05) is 29.1 Å². The average molecular weight is 493 g/mol. The number of halogens is 2. The first-order valence-corrected chi connectivity index (χ1v) is 10.4. The summed E-state index contributed by atoms with van der Waals surface area (Å²) in [5.41, 5.74) is 1.68. The predicted molar refractivity (Wildman–Crippen MR) is 124 cm³/mol. The van der Waals surface area contributed by atoms with Gasteiger partial charge in [0.2, 0.25) is 5.95 Å². The Balaban J connectivity index is 1.61. The lowest BCUT2D eigenvalue weighted by Crippen LogP contribution is -2.30. The second-order valence-corrected chi connectivity index (χ2v) is 8.19. The number of nitrogens with one attached hydrogen (secondary N) is 2. The van der Waals surface area contributed by atoms with Crippen molar-refractivity contribution in [1.82, 2.24) is 14.9 Å². The third-order valence-corrected chi connectivity index (χ3v) is 4.81. The quantitative estimate of drug-likeness (QED) is 0.400. The highest BCUT2D eigenvalue weighted by atomic mass is 79.9. The van der Waals surface area contributed by atoms with E-state index in [0.717, 1.165) is 15.8 Å². The van der Waals surface area contributed by atoms with Crippen molar-refractivity contribution in [2.75, 3.05) is 37.9 Å². The van der Waals surface area contributed by atoms with E-state index in [-0.39, 0.29) is 6.61 Å². The molecule has 7 nitrogen and oxygen atoms in total. The molecule has 1 atom stereocenters. The van der Waals surface area contributed by atoms with Gasteiger partial charge in [-0.15, -0.1) is 0 Å². The minimum atomic E-state index is -0.541. The standard InChI is InChI=1S/C21H23BrClN5O2/c1-28(2)12-17(29)13-30-18-9-7-16(8-10-18)26-21-24-11-19(22)20(27-21)25-15-5-3-14(23)4-6-15/h3-11,17,29H,12-13H2,1-2H3,(H2,24,25,26,27). The highest BCUT2D eigenvalue weighted by molar-refractivity contribution is 9.10. The fourth-order valence-corrected chi connectivity index (χ4v) is 3.03. The van der Waals surface area contributed by atoms with Crippen LogP contribution in [-0.4, -0.2) is 53.3 Å². The van der Waals surface area contributed by atoms with Crippen LogP contribution in [0.3, 0.4) is 0 Å². The molecule has 3 aromatic rings. The van der Waals surface area contributed by atoms with Gasteiger partial charge in [0.15, 0.2) is 0 Å². The molecule has 0 spiro atoms. The van der Waals surface area contributed by atoms with Crippen molar-refractivity contribution in [2.45, 2.75) is 6.10 Å². The van der Waals surface area contributed by atoms with Crippen molar-refractivity contribution in [3.63, 3.8) is 0 Å². The second-order valence-electron chi connectivity index (χ2n) is 6.90. The predicted octanol–water partition coefficient (Wildman–Crippen LogP) is 4.68. The molecule has 2 aromatic carbocycles. The molecular formula is C21H23BrClN5O2. The summed E-state index contributed by atoms with van der Waals surface area (Å²) in [5, 5.41) is 17.0. The summed E-state index contributed by atoms with van der Waals surface area (Å²) in [6, 6.07) is 14.8. The Morgan fingerprint density at radius 1 is 1.07 bits per heavy atom. The Labute approximate surface area is 189 Å². The van der Waals surface area contributed by atoms with E-state index in [0.29, 0.717) is 29.1 Å². The largest absolute Gasteiger partial charge is 0.491 e. The molecule has 3 N–H and O–H groups in total. The number of hydrogen-bond donors (Lipinski definition) is 3. The van der Waals surface area contributed by atoms with Crippen molar-refractivity contribution in [3.8, 4) is 5.75 Å². The van der Waals surface area contributed by atoms with Crippen molar-refractivity contribution in [3.05, 3.63) is 64.2 Å². The number of anilines is 4. The molecule has 0 aliphatic rings. The van der Waals surface area contributed by atoms with Gasteiger partial charge in [0.05, 0.1) is 4.47 Å². The lowest BCUT2D eigenvalue weighted by atomic mass is 10.3. The maximum atomic E-state index is 9.89. The van der Waals surface area contributed by atoms with E-state index >= 15 is 0 Å². The van der Waals surface area contributed by atoms with E-state index in [9.17, 15) is 5.11 Å². The first-order valence-electron chi connectivity index (χ1n) is 9.27. The van der Waals surface area contributed by atoms with E-state index in [1.54, 1.807) is 18.3 Å². The molecular weight excluding hydrogens is 470 g/mol.